The first kappa shape index (κ1) is 16.6. The number of hydrogen-bond donors (Lipinski definition) is 1. The molecule has 0 aliphatic rings. The number of hydrogen-bond acceptors (Lipinski definition) is 2. The molecule has 2 aromatic rings. The molecule has 1 amide bonds. The molecule has 0 aliphatic carbocycles. The maximum absolute atomic E-state index is 13.1. The summed E-state index contributed by atoms with van der Waals surface area (Å²) < 4.78 is 13.1. The lowest BCUT2D eigenvalue weighted by atomic mass is 10.1. The third-order valence-corrected chi connectivity index (χ3v) is 4.40. The summed E-state index contributed by atoms with van der Waals surface area (Å²) in [5.74, 6) is 0.716. The highest BCUT2D eigenvalue weighted by molar-refractivity contribution is 7.99. The summed E-state index contributed by atoms with van der Waals surface area (Å²) in [4.78, 5) is 12.1. The number of carbonyl (C=O) groups excluding carboxylic acids is 1. The van der Waals surface area contributed by atoms with Crippen molar-refractivity contribution in [1.82, 2.24) is 0 Å². The van der Waals surface area contributed by atoms with Gasteiger partial charge in [-0.1, -0.05) is 37.3 Å². The Hall–Kier alpha value is -1.81. The number of benzene rings is 2. The van der Waals surface area contributed by atoms with Crippen molar-refractivity contribution < 1.29 is 9.18 Å². The number of carbonyl (C=O) groups is 1. The van der Waals surface area contributed by atoms with E-state index in [4.69, 9.17) is 0 Å². The van der Waals surface area contributed by atoms with Crippen molar-refractivity contribution in [2.45, 2.75) is 26.0 Å². The van der Waals surface area contributed by atoms with Gasteiger partial charge in [-0.2, -0.15) is 0 Å². The van der Waals surface area contributed by atoms with E-state index < -0.39 is 0 Å². The van der Waals surface area contributed by atoms with Gasteiger partial charge >= 0.3 is 0 Å². The van der Waals surface area contributed by atoms with Crippen LogP contribution < -0.4 is 5.32 Å². The van der Waals surface area contributed by atoms with Gasteiger partial charge in [0.05, 0.1) is 5.75 Å². The molecule has 1 N–H and O–H groups in total. The summed E-state index contributed by atoms with van der Waals surface area (Å²) in [6, 6.07) is 12.5. The molecule has 2 rings (SSSR count). The SMILES string of the molecule is CCc1cccc(C)c1NC(=O)CSCc1cccc(F)c1. The fourth-order valence-electron chi connectivity index (χ4n) is 2.27. The van der Waals surface area contributed by atoms with E-state index >= 15 is 0 Å². The molecule has 0 bridgehead atoms. The van der Waals surface area contributed by atoms with Crippen molar-refractivity contribution >= 4 is 23.4 Å². The van der Waals surface area contributed by atoms with Crippen molar-refractivity contribution in [1.29, 1.82) is 0 Å². The van der Waals surface area contributed by atoms with Gasteiger partial charge in [0.2, 0.25) is 5.91 Å². The van der Waals surface area contributed by atoms with Crippen molar-refractivity contribution in [3.05, 3.63) is 65.0 Å². The lowest BCUT2D eigenvalue weighted by Gasteiger charge is -2.12. The molecule has 0 aliphatic heterocycles. The topological polar surface area (TPSA) is 29.1 Å². The van der Waals surface area contributed by atoms with E-state index in [1.54, 1.807) is 6.07 Å². The van der Waals surface area contributed by atoms with Gasteiger partial charge in [0, 0.05) is 11.4 Å². The minimum Gasteiger partial charge on any atom is -0.325 e. The Kier molecular flexibility index (Phi) is 6.01. The molecule has 2 aromatic carbocycles. The summed E-state index contributed by atoms with van der Waals surface area (Å²) >= 11 is 1.48. The first-order chi connectivity index (χ1) is 10.6. The molecule has 0 aromatic heterocycles. The normalized spacial score (nSPS) is 10.5. The van der Waals surface area contributed by atoms with Gasteiger partial charge in [0.1, 0.15) is 5.82 Å². The van der Waals surface area contributed by atoms with Gasteiger partial charge in [-0.05, 0) is 42.2 Å². The first-order valence-corrected chi connectivity index (χ1v) is 8.46. The molecule has 0 spiro atoms. The lowest BCUT2D eigenvalue weighted by Crippen LogP contribution is -2.16. The molecule has 4 heteroatoms. The molecular weight excluding hydrogens is 297 g/mol. The highest BCUT2D eigenvalue weighted by Gasteiger charge is 2.08. The zero-order valence-corrected chi connectivity index (χ0v) is 13.7. The Morgan fingerprint density at radius 1 is 1.23 bits per heavy atom. The molecule has 116 valence electrons. The van der Waals surface area contributed by atoms with Crippen LogP contribution in [0.4, 0.5) is 10.1 Å². The Bertz CT molecular complexity index is 657. The third-order valence-electron chi connectivity index (χ3n) is 3.40. The molecular formula is C18H20FNOS. The average molecular weight is 317 g/mol. The second kappa shape index (κ2) is 7.99. The van der Waals surface area contributed by atoms with Crippen LogP contribution in [0.15, 0.2) is 42.5 Å². The minimum absolute atomic E-state index is 0.0228. The van der Waals surface area contributed by atoms with Crippen molar-refractivity contribution in [3.8, 4) is 0 Å². The Balaban J connectivity index is 1.89. The lowest BCUT2D eigenvalue weighted by molar-refractivity contribution is -0.113. The number of aryl methyl sites for hydroxylation is 2. The van der Waals surface area contributed by atoms with E-state index in [-0.39, 0.29) is 11.7 Å². The summed E-state index contributed by atoms with van der Waals surface area (Å²) in [6.45, 7) is 4.07. The highest BCUT2D eigenvalue weighted by Crippen LogP contribution is 2.21. The van der Waals surface area contributed by atoms with E-state index in [2.05, 4.69) is 12.2 Å². The number of halogens is 1. The van der Waals surface area contributed by atoms with Gasteiger partial charge in [0.15, 0.2) is 0 Å². The number of para-hydroxylation sites is 1. The van der Waals surface area contributed by atoms with Crippen molar-refractivity contribution in [2.75, 3.05) is 11.1 Å². The zero-order chi connectivity index (χ0) is 15.9. The fraction of sp³-hybridized carbons (Fsp3) is 0.278. The average Bonchev–Trinajstić information content (AvgIpc) is 2.49. The molecule has 0 saturated carbocycles. The third kappa shape index (κ3) is 4.60. The van der Waals surface area contributed by atoms with E-state index in [0.717, 1.165) is 28.8 Å². The number of amides is 1. The van der Waals surface area contributed by atoms with Crippen molar-refractivity contribution in [3.63, 3.8) is 0 Å². The van der Waals surface area contributed by atoms with Crippen LogP contribution in [-0.4, -0.2) is 11.7 Å². The maximum Gasteiger partial charge on any atom is 0.234 e. The second-order valence-electron chi connectivity index (χ2n) is 5.13. The molecule has 22 heavy (non-hydrogen) atoms. The van der Waals surface area contributed by atoms with Gasteiger partial charge in [0.25, 0.3) is 0 Å². The quantitative estimate of drug-likeness (QED) is 0.845. The number of rotatable bonds is 6. The predicted octanol–water partition coefficient (Wildman–Crippen LogP) is 4.57. The number of nitrogens with one attached hydrogen (secondary N) is 1. The van der Waals surface area contributed by atoms with Gasteiger partial charge < -0.3 is 5.32 Å². The van der Waals surface area contributed by atoms with Crippen molar-refractivity contribution in [2.24, 2.45) is 0 Å². The van der Waals surface area contributed by atoms with E-state index in [0.29, 0.717) is 11.5 Å². The summed E-state index contributed by atoms with van der Waals surface area (Å²) in [7, 11) is 0. The van der Waals surface area contributed by atoms with E-state index in [1.807, 2.05) is 31.2 Å². The first-order valence-electron chi connectivity index (χ1n) is 7.30. The summed E-state index contributed by atoms with van der Waals surface area (Å²) in [5.41, 5.74) is 4.02. The van der Waals surface area contributed by atoms with Crippen LogP contribution in [0, 0.1) is 12.7 Å². The second-order valence-corrected chi connectivity index (χ2v) is 6.12. The maximum atomic E-state index is 13.1. The van der Waals surface area contributed by atoms with Crippen LogP contribution in [0.25, 0.3) is 0 Å². The van der Waals surface area contributed by atoms with Crippen LogP contribution in [0.2, 0.25) is 0 Å². The Labute approximate surface area is 135 Å². The Morgan fingerprint density at radius 2 is 2.00 bits per heavy atom. The molecule has 0 radical (unpaired) electrons. The minimum atomic E-state index is -0.241. The van der Waals surface area contributed by atoms with Crippen LogP contribution >= 0.6 is 11.8 Å². The van der Waals surface area contributed by atoms with Gasteiger partial charge in [-0.25, -0.2) is 4.39 Å². The van der Waals surface area contributed by atoms with Crippen LogP contribution in [0.1, 0.15) is 23.6 Å². The largest absolute Gasteiger partial charge is 0.325 e. The van der Waals surface area contributed by atoms with Crippen LogP contribution in [0.5, 0.6) is 0 Å². The monoisotopic (exact) mass is 317 g/mol. The van der Waals surface area contributed by atoms with E-state index in [1.165, 1.54) is 23.9 Å². The molecule has 2 nitrogen and oxygen atoms in total. The van der Waals surface area contributed by atoms with Gasteiger partial charge in [-0.15, -0.1) is 11.8 Å². The van der Waals surface area contributed by atoms with Gasteiger partial charge in [-0.3, -0.25) is 4.79 Å². The number of anilines is 1. The molecule has 0 heterocycles. The smallest absolute Gasteiger partial charge is 0.234 e. The Morgan fingerprint density at radius 3 is 2.73 bits per heavy atom. The number of thioether (sulfide) groups is 1. The molecule has 0 saturated heterocycles. The zero-order valence-electron chi connectivity index (χ0n) is 12.9. The standard InChI is InChI=1S/C18H20FNOS/c1-3-15-8-4-6-13(2)18(15)20-17(21)12-22-11-14-7-5-9-16(19)10-14/h4-10H,3,11-12H2,1-2H3,(H,20,21). The predicted molar refractivity (Wildman–Crippen MR) is 91.7 cm³/mol. The van der Waals surface area contributed by atoms with Crippen LogP contribution in [-0.2, 0) is 17.0 Å². The fourth-order valence-corrected chi connectivity index (χ4v) is 3.04. The molecule has 0 unspecified atom stereocenters. The summed E-state index contributed by atoms with van der Waals surface area (Å²) in [6.07, 6.45) is 0.883. The van der Waals surface area contributed by atoms with Crippen LogP contribution in [0.3, 0.4) is 0 Å². The van der Waals surface area contributed by atoms with E-state index in [9.17, 15) is 9.18 Å². The highest BCUT2D eigenvalue weighted by atomic mass is 32.2. The molecule has 0 fully saturated rings. The summed E-state index contributed by atoms with van der Waals surface area (Å²) in [5, 5.41) is 2.99. The molecule has 0 atom stereocenters.